The van der Waals surface area contributed by atoms with Crippen LogP contribution < -0.4 is 5.32 Å². The van der Waals surface area contributed by atoms with Crippen molar-refractivity contribution in [1.82, 2.24) is 5.32 Å². The molecule has 0 saturated carbocycles. The van der Waals surface area contributed by atoms with Gasteiger partial charge >= 0.3 is 0 Å². The summed E-state index contributed by atoms with van der Waals surface area (Å²) in [5.74, 6) is 0.744. The molecule has 1 heterocycles. The average molecular weight is 704 g/mol. The second kappa shape index (κ2) is 40.2. The van der Waals surface area contributed by atoms with E-state index < -0.39 is 0 Å². The summed E-state index contributed by atoms with van der Waals surface area (Å²) in [5, 5.41) is 3.33. The molecule has 0 aromatic rings. The van der Waals surface area contributed by atoms with Crippen molar-refractivity contribution in [3.8, 4) is 0 Å². The fourth-order valence-electron chi connectivity index (χ4n) is 4.19. The van der Waals surface area contributed by atoms with E-state index in [1.165, 1.54) is 12.8 Å². The number of nitrogens with one attached hydrogen (secondary N) is 1. The molecule has 1 rings (SSSR count). The molecule has 1 fully saturated rings. The SMILES string of the molecule is ClCCCCCCOCCOCCOCCOCCOCCOCCOCCOCCOCCOCCOCCOC1CCNCC1. The third-order valence-electron chi connectivity index (χ3n) is 6.76. The van der Waals surface area contributed by atoms with Crippen LogP contribution >= 0.6 is 11.6 Å². The molecule has 1 aliphatic rings. The molecule has 14 heteroatoms. The highest BCUT2D eigenvalue weighted by atomic mass is 35.5. The van der Waals surface area contributed by atoms with Crippen molar-refractivity contribution >= 4 is 11.6 Å². The zero-order valence-electron chi connectivity index (χ0n) is 29.0. The lowest BCUT2D eigenvalue weighted by atomic mass is 10.1. The van der Waals surface area contributed by atoms with Crippen molar-refractivity contribution in [3.05, 3.63) is 0 Å². The van der Waals surface area contributed by atoms with Gasteiger partial charge in [-0.3, -0.25) is 0 Å². The third-order valence-corrected chi connectivity index (χ3v) is 7.03. The molecule has 1 saturated heterocycles. The van der Waals surface area contributed by atoms with Gasteiger partial charge in [0.25, 0.3) is 0 Å². The largest absolute Gasteiger partial charge is 0.379 e. The number of piperidine rings is 1. The predicted octanol–water partition coefficient (Wildman–Crippen LogP) is 2.74. The zero-order chi connectivity index (χ0) is 33.4. The number of halogens is 1. The van der Waals surface area contributed by atoms with Gasteiger partial charge in [0, 0.05) is 12.5 Å². The van der Waals surface area contributed by atoms with Crippen LogP contribution in [0.3, 0.4) is 0 Å². The van der Waals surface area contributed by atoms with Gasteiger partial charge in [-0.15, -0.1) is 11.6 Å². The summed E-state index contributed by atoms with van der Waals surface area (Å²) in [6, 6.07) is 0. The smallest absolute Gasteiger partial charge is 0.0704 e. The minimum absolute atomic E-state index is 0.372. The number of rotatable bonds is 40. The van der Waals surface area contributed by atoms with Gasteiger partial charge in [0.15, 0.2) is 0 Å². The first-order valence-corrected chi connectivity index (χ1v) is 18.2. The zero-order valence-corrected chi connectivity index (χ0v) is 29.7. The monoisotopic (exact) mass is 703 g/mol. The Morgan fingerprint density at radius 2 is 0.617 bits per heavy atom. The highest BCUT2D eigenvalue weighted by Crippen LogP contribution is 2.06. The number of alkyl halides is 1. The summed E-state index contributed by atoms with van der Waals surface area (Å²) in [6.45, 7) is 14.9. The van der Waals surface area contributed by atoms with Crippen LogP contribution in [0.15, 0.2) is 0 Å². The van der Waals surface area contributed by atoms with Gasteiger partial charge in [0.05, 0.1) is 151 Å². The molecule has 13 nitrogen and oxygen atoms in total. The Morgan fingerprint density at radius 3 is 0.936 bits per heavy atom. The van der Waals surface area contributed by atoms with E-state index in [-0.39, 0.29) is 0 Å². The van der Waals surface area contributed by atoms with Gasteiger partial charge in [-0.1, -0.05) is 12.8 Å². The van der Waals surface area contributed by atoms with E-state index in [9.17, 15) is 0 Å². The van der Waals surface area contributed by atoms with E-state index in [1.54, 1.807) is 0 Å². The maximum atomic E-state index is 5.79. The van der Waals surface area contributed by atoms with Crippen molar-refractivity contribution < 1.29 is 56.8 Å². The summed E-state index contributed by atoms with van der Waals surface area (Å²) in [4.78, 5) is 0. The van der Waals surface area contributed by atoms with Crippen LogP contribution in [0, 0.1) is 0 Å². The summed E-state index contributed by atoms with van der Waals surface area (Å²) in [6.07, 6.45) is 7.04. The molecule has 0 radical (unpaired) electrons. The normalized spacial score (nSPS) is 14.0. The molecule has 1 N–H and O–H groups in total. The molecule has 0 amide bonds. The maximum Gasteiger partial charge on any atom is 0.0704 e. The molecular formula is C33H66ClNO12. The number of hydrogen-bond acceptors (Lipinski definition) is 13. The van der Waals surface area contributed by atoms with Gasteiger partial charge in [-0.25, -0.2) is 0 Å². The molecule has 47 heavy (non-hydrogen) atoms. The van der Waals surface area contributed by atoms with Crippen molar-refractivity contribution in [2.75, 3.05) is 171 Å². The topological polar surface area (TPSA) is 123 Å². The number of hydrogen-bond donors (Lipinski definition) is 1. The van der Waals surface area contributed by atoms with E-state index in [2.05, 4.69) is 5.32 Å². The summed E-state index contributed by atoms with van der Waals surface area (Å²) < 4.78 is 66.3. The van der Waals surface area contributed by atoms with Gasteiger partial charge < -0.3 is 62.2 Å². The first kappa shape index (κ1) is 44.8. The molecule has 0 spiro atoms. The van der Waals surface area contributed by atoms with Crippen molar-refractivity contribution in [3.63, 3.8) is 0 Å². The van der Waals surface area contributed by atoms with Crippen LogP contribution in [0.1, 0.15) is 38.5 Å². The minimum atomic E-state index is 0.372. The fraction of sp³-hybridized carbons (Fsp3) is 1.00. The van der Waals surface area contributed by atoms with Crippen LogP contribution in [0.25, 0.3) is 0 Å². The Labute approximate surface area is 289 Å². The van der Waals surface area contributed by atoms with Gasteiger partial charge in [0.2, 0.25) is 0 Å². The lowest BCUT2D eigenvalue weighted by molar-refractivity contribution is -0.0326. The van der Waals surface area contributed by atoms with Crippen LogP contribution in [0.4, 0.5) is 0 Å². The molecule has 0 aliphatic carbocycles. The standard InChI is InChI=1S/C33H66ClNO12/c34-7-3-1-2-4-10-36-11-12-37-13-14-38-15-16-39-17-18-40-19-20-41-21-22-42-23-24-43-25-26-44-27-28-45-29-30-46-31-32-47-33-5-8-35-9-6-33/h33,35H,1-32H2. The van der Waals surface area contributed by atoms with Crippen LogP contribution in [-0.4, -0.2) is 177 Å². The van der Waals surface area contributed by atoms with E-state index in [4.69, 9.17) is 68.4 Å². The van der Waals surface area contributed by atoms with Gasteiger partial charge in [0.1, 0.15) is 0 Å². The first-order valence-electron chi connectivity index (χ1n) is 17.7. The number of ether oxygens (including phenoxy) is 12. The Morgan fingerprint density at radius 1 is 0.340 bits per heavy atom. The second-order valence-corrected chi connectivity index (χ2v) is 11.0. The van der Waals surface area contributed by atoms with Crippen molar-refractivity contribution in [1.29, 1.82) is 0 Å². The van der Waals surface area contributed by atoms with Crippen LogP contribution in [0.5, 0.6) is 0 Å². The average Bonchev–Trinajstić information content (AvgIpc) is 3.09. The summed E-state index contributed by atoms with van der Waals surface area (Å²) in [7, 11) is 0. The van der Waals surface area contributed by atoms with Crippen molar-refractivity contribution in [2.24, 2.45) is 0 Å². The quantitative estimate of drug-likeness (QED) is 0.0744. The highest BCUT2D eigenvalue weighted by Gasteiger charge is 2.12. The molecule has 282 valence electrons. The van der Waals surface area contributed by atoms with E-state index in [0.29, 0.717) is 151 Å². The molecule has 0 aromatic heterocycles. The molecule has 0 atom stereocenters. The first-order chi connectivity index (χ1) is 23.4. The summed E-state index contributed by atoms with van der Waals surface area (Å²) in [5.41, 5.74) is 0. The molecular weight excluding hydrogens is 638 g/mol. The Hall–Kier alpha value is -0.230. The minimum Gasteiger partial charge on any atom is -0.379 e. The second-order valence-electron chi connectivity index (χ2n) is 10.7. The lowest BCUT2D eigenvalue weighted by Crippen LogP contribution is -2.33. The Balaban J connectivity index is 1.59. The Bertz CT molecular complexity index is 582. The van der Waals surface area contributed by atoms with Crippen LogP contribution in [-0.2, 0) is 56.8 Å². The van der Waals surface area contributed by atoms with Gasteiger partial charge in [-0.2, -0.15) is 0 Å². The van der Waals surface area contributed by atoms with Crippen LogP contribution in [0.2, 0.25) is 0 Å². The molecule has 0 aromatic carbocycles. The number of unbranched alkanes of at least 4 members (excludes halogenated alkanes) is 3. The molecule has 1 aliphatic heterocycles. The highest BCUT2D eigenvalue weighted by molar-refractivity contribution is 6.17. The third kappa shape index (κ3) is 36.9. The molecule has 0 bridgehead atoms. The maximum absolute atomic E-state index is 5.79. The van der Waals surface area contributed by atoms with E-state index in [1.807, 2.05) is 0 Å². The summed E-state index contributed by atoms with van der Waals surface area (Å²) >= 11 is 5.65. The Kier molecular flexibility index (Phi) is 38.3. The lowest BCUT2D eigenvalue weighted by Gasteiger charge is -2.22. The van der Waals surface area contributed by atoms with E-state index >= 15 is 0 Å². The fourth-order valence-corrected chi connectivity index (χ4v) is 4.38. The van der Waals surface area contributed by atoms with E-state index in [0.717, 1.165) is 51.3 Å². The molecule has 0 unspecified atom stereocenters. The van der Waals surface area contributed by atoms with Crippen molar-refractivity contribution in [2.45, 2.75) is 44.6 Å². The van der Waals surface area contributed by atoms with Gasteiger partial charge in [-0.05, 0) is 38.8 Å². The predicted molar refractivity (Wildman–Crippen MR) is 180 cm³/mol.